The Hall–Kier alpha value is -1.47. The maximum absolute atomic E-state index is 6.03. The lowest BCUT2D eigenvalue weighted by Gasteiger charge is -2.07. The quantitative estimate of drug-likeness (QED) is 0.773. The molecule has 0 aliphatic rings. The van der Waals surface area contributed by atoms with Crippen molar-refractivity contribution in [3.8, 4) is 5.75 Å². The van der Waals surface area contributed by atoms with Crippen LogP contribution in [0.5, 0.6) is 5.75 Å². The second kappa shape index (κ2) is 5.04. The average Bonchev–Trinajstić information content (AvgIpc) is 2.30. The maximum atomic E-state index is 6.03. The first-order valence-corrected chi connectivity index (χ1v) is 5.42. The summed E-state index contributed by atoms with van der Waals surface area (Å²) in [5.41, 5.74) is 1.97. The molecule has 0 N–H and O–H groups in total. The molecule has 0 atom stereocenters. The van der Waals surface area contributed by atoms with Crippen LogP contribution in [0.1, 0.15) is 11.1 Å². The van der Waals surface area contributed by atoms with E-state index in [1.807, 2.05) is 48.5 Å². The van der Waals surface area contributed by atoms with Gasteiger partial charge in [-0.05, 0) is 30.7 Å². The Balaban J connectivity index is 2.02. The van der Waals surface area contributed by atoms with Crippen LogP contribution < -0.4 is 4.74 Å². The molecule has 0 heterocycles. The van der Waals surface area contributed by atoms with Gasteiger partial charge in [0.05, 0.1) is 0 Å². The topological polar surface area (TPSA) is 9.23 Å². The molecule has 0 aromatic heterocycles. The normalized spacial score (nSPS) is 10.1. The average molecular weight is 232 g/mol. The molecule has 2 aromatic rings. The molecule has 2 heteroatoms. The molecule has 0 aliphatic carbocycles. The van der Waals surface area contributed by atoms with Gasteiger partial charge in [-0.25, -0.2) is 0 Å². The van der Waals surface area contributed by atoms with E-state index in [0.717, 1.165) is 21.9 Å². The van der Waals surface area contributed by atoms with Crippen molar-refractivity contribution in [1.82, 2.24) is 0 Å². The number of rotatable bonds is 3. The summed E-state index contributed by atoms with van der Waals surface area (Å²) in [6, 6.07) is 15.3. The second-order valence-corrected chi connectivity index (χ2v) is 3.93. The lowest BCUT2D eigenvalue weighted by Crippen LogP contribution is -1.95. The van der Waals surface area contributed by atoms with Gasteiger partial charge in [-0.15, -0.1) is 0 Å². The molecule has 16 heavy (non-hydrogen) atoms. The van der Waals surface area contributed by atoms with Crippen molar-refractivity contribution in [3.63, 3.8) is 0 Å². The molecule has 0 aliphatic heterocycles. The van der Waals surface area contributed by atoms with Crippen LogP contribution in [-0.2, 0) is 6.61 Å². The molecular weight excluding hydrogens is 220 g/mol. The first kappa shape index (κ1) is 11.0. The van der Waals surface area contributed by atoms with Gasteiger partial charge in [0, 0.05) is 10.6 Å². The molecule has 0 saturated heterocycles. The molecule has 0 bridgehead atoms. The van der Waals surface area contributed by atoms with Gasteiger partial charge in [0.25, 0.3) is 0 Å². The highest BCUT2D eigenvalue weighted by Crippen LogP contribution is 2.18. The minimum atomic E-state index is 0.482. The van der Waals surface area contributed by atoms with Gasteiger partial charge in [0.2, 0.25) is 0 Å². The van der Waals surface area contributed by atoms with Crippen molar-refractivity contribution in [2.24, 2.45) is 0 Å². The van der Waals surface area contributed by atoms with Gasteiger partial charge in [0.15, 0.2) is 0 Å². The molecule has 2 aromatic carbocycles. The molecule has 0 spiro atoms. The van der Waals surface area contributed by atoms with Gasteiger partial charge in [-0.3, -0.25) is 0 Å². The van der Waals surface area contributed by atoms with Crippen molar-refractivity contribution in [2.75, 3.05) is 0 Å². The smallest absolute Gasteiger partial charge is 0.119 e. The molecule has 0 fully saturated rings. The highest BCUT2D eigenvalue weighted by atomic mass is 35.5. The van der Waals surface area contributed by atoms with Crippen LogP contribution in [-0.4, -0.2) is 0 Å². The zero-order chi connectivity index (χ0) is 11.4. The van der Waals surface area contributed by atoms with Crippen LogP contribution in [0.4, 0.5) is 0 Å². The van der Waals surface area contributed by atoms with Crippen LogP contribution >= 0.6 is 11.6 Å². The summed E-state index contributed by atoms with van der Waals surface area (Å²) >= 11 is 6.03. The highest BCUT2D eigenvalue weighted by molar-refractivity contribution is 6.31. The molecule has 0 amide bonds. The predicted molar refractivity (Wildman–Crippen MR) is 66.7 cm³/mol. The standard InChI is InChI=1S/C14H12ClO/c1-11-6-8-13(9-7-11)16-10-12-4-2-3-5-14(12)15/h2-9H,1,10H2. The summed E-state index contributed by atoms with van der Waals surface area (Å²) in [5, 5.41) is 0.733. The molecule has 2 rings (SSSR count). The first-order chi connectivity index (χ1) is 7.75. The van der Waals surface area contributed by atoms with E-state index in [9.17, 15) is 0 Å². The third-order valence-electron chi connectivity index (χ3n) is 2.28. The minimum Gasteiger partial charge on any atom is -0.489 e. The van der Waals surface area contributed by atoms with Crippen molar-refractivity contribution in [1.29, 1.82) is 0 Å². The van der Waals surface area contributed by atoms with Crippen LogP contribution in [0.15, 0.2) is 48.5 Å². The Labute approximate surface area is 101 Å². The Morgan fingerprint density at radius 3 is 2.38 bits per heavy atom. The second-order valence-electron chi connectivity index (χ2n) is 3.52. The van der Waals surface area contributed by atoms with E-state index >= 15 is 0 Å². The fourth-order valence-corrected chi connectivity index (χ4v) is 1.55. The van der Waals surface area contributed by atoms with E-state index in [1.165, 1.54) is 0 Å². The Bertz CT molecular complexity index is 462. The first-order valence-electron chi connectivity index (χ1n) is 5.04. The van der Waals surface area contributed by atoms with E-state index < -0.39 is 0 Å². The van der Waals surface area contributed by atoms with Gasteiger partial charge < -0.3 is 4.74 Å². The third kappa shape index (κ3) is 2.77. The Morgan fingerprint density at radius 1 is 1.00 bits per heavy atom. The number of halogens is 1. The zero-order valence-electron chi connectivity index (χ0n) is 8.82. The lowest BCUT2D eigenvalue weighted by atomic mass is 10.2. The largest absolute Gasteiger partial charge is 0.489 e. The van der Waals surface area contributed by atoms with Crippen LogP contribution in [0.3, 0.4) is 0 Å². The van der Waals surface area contributed by atoms with Crippen molar-refractivity contribution in [2.45, 2.75) is 6.61 Å². The van der Waals surface area contributed by atoms with Crippen molar-refractivity contribution < 1.29 is 4.74 Å². The predicted octanol–water partition coefficient (Wildman–Crippen LogP) is 4.10. The minimum absolute atomic E-state index is 0.482. The molecule has 1 nitrogen and oxygen atoms in total. The van der Waals surface area contributed by atoms with Crippen LogP contribution in [0.2, 0.25) is 5.02 Å². The monoisotopic (exact) mass is 231 g/mol. The number of hydrogen-bond acceptors (Lipinski definition) is 1. The molecule has 0 saturated carbocycles. The van der Waals surface area contributed by atoms with E-state index in [4.69, 9.17) is 16.3 Å². The van der Waals surface area contributed by atoms with Crippen molar-refractivity contribution in [3.05, 3.63) is 71.6 Å². The number of ether oxygens (including phenoxy) is 1. The molecular formula is C14H12ClO. The SMILES string of the molecule is [CH2]c1ccc(OCc2ccccc2Cl)cc1. The molecule has 1 radical (unpaired) electrons. The summed E-state index contributed by atoms with van der Waals surface area (Å²) in [6.07, 6.45) is 0. The number of benzene rings is 2. The summed E-state index contributed by atoms with van der Waals surface area (Å²) in [7, 11) is 0. The van der Waals surface area contributed by atoms with Gasteiger partial charge >= 0.3 is 0 Å². The van der Waals surface area contributed by atoms with Gasteiger partial charge in [-0.1, -0.05) is 41.9 Å². The Morgan fingerprint density at radius 2 is 1.69 bits per heavy atom. The molecule has 81 valence electrons. The van der Waals surface area contributed by atoms with Crippen molar-refractivity contribution >= 4 is 11.6 Å². The highest BCUT2D eigenvalue weighted by Gasteiger charge is 1.99. The Kier molecular flexibility index (Phi) is 3.47. The number of hydrogen-bond donors (Lipinski definition) is 0. The summed E-state index contributed by atoms with van der Waals surface area (Å²) in [6.45, 7) is 4.30. The fraction of sp³-hybridized carbons (Fsp3) is 0.0714. The lowest BCUT2D eigenvalue weighted by molar-refractivity contribution is 0.306. The van der Waals surface area contributed by atoms with E-state index in [-0.39, 0.29) is 0 Å². The van der Waals surface area contributed by atoms with Gasteiger partial charge in [0.1, 0.15) is 12.4 Å². The molecule has 0 unspecified atom stereocenters. The van der Waals surface area contributed by atoms with E-state index in [0.29, 0.717) is 6.61 Å². The van der Waals surface area contributed by atoms with E-state index in [2.05, 4.69) is 6.92 Å². The third-order valence-corrected chi connectivity index (χ3v) is 2.64. The van der Waals surface area contributed by atoms with Crippen LogP contribution in [0.25, 0.3) is 0 Å². The zero-order valence-corrected chi connectivity index (χ0v) is 9.58. The van der Waals surface area contributed by atoms with Gasteiger partial charge in [-0.2, -0.15) is 0 Å². The fourth-order valence-electron chi connectivity index (χ4n) is 1.36. The summed E-state index contributed by atoms with van der Waals surface area (Å²) in [4.78, 5) is 0. The van der Waals surface area contributed by atoms with E-state index in [1.54, 1.807) is 0 Å². The summed E-state index contributed by atoms with van der Waals surface area (Å²) < 4.78 is 5.62. The summed E-state index contributed by atoms with van der Waals surface area (Å²) in [5.74, 6) is 0.826. The van der Waals surface area contributed by atoms with Crippen LogP contribution in [0, 0.1) is 6.92 Å². The maximum Gasteiger partial charge on any atom is 0.119 e.